The van der Waals surface area contributed by atoms with E-state index in [2.05, 4.69) is 9.98 Å². The number of carbonyl (C=O) groups is 2. The molecular formula is C32H44N2O6. The van der Waals surface area contributed by atoms with Gasteiger partial charge in [-0.25, -0.2) is 19.6 Å². The van der Waals surface area contributed by atoms with Crippen molar-refractivity contribution in [2.45, 2.75) is 89.9 Å². The number of hydrogen-bond donors (Lipinski definition) is 2. The number of aliphatic imine (C=N–C) groups is 2. The van der Waals surface area contributed by atoms with Crippen LogP contribution in [0.4, 0.5) is 0 Å². The van der Waals surface area contributed by atoms with Gasteiger partial charge in [-0.1, -0.05) is 62.1 Å². The van der Waals surface area contributed by atoms with Crippen molar-refractivity contribution in [3.8, 4) is 0 Å². The highest BCUT2D eigenvalue weighted by Gasteiger charge is 2.67. The van der Waals surface area contributed by atoms with Crippen molar-refractivity contribution >= 4 is 24.1 Å². The largest absolute Gasteiger partial charge is 0.481 e. The summed E-state index contributed by atoms with van der Waals surface area (Å²) in [6, 6.07) is 0. The fourth-order valence-corrected chi connectivity index (χ4v) is 7.99. The van der Waals surface area contributed by atoms with Crippen LogP contribution in [0.25, 0.3) is 0 Å². The molecule has 2 unspecified atom stereocenters. The first kappa shape index (κ1) is 31.4. The lowest BCUT2D eigenvalue weighted by Crippen LogP contribution is -2.61. The number of rotatable bonds is 14. The zero-order valence-corrected chi connectivity index (χ0v) is 23.5. The average Bonchev–Trinajstić information content (AvgIpc) is 2.97. The van der Waals surface area contributed by atoms with E-state index in [9.17, 15) is 29.4 Å². The van der Waals surface area contributed by atoms with Crippen LogP contribution in [0.5, 0.6) is 0 Å². The van der Waals surface area contributed by atoms with Crippen molar-refractivity contribution in [3.63, 3.8) is 0 Å². The predicted octanol–water partition coefficient (Wildman–Crippen LogP) is 6.44. The summed E-state index contributed by atoms with van der Waals surface area (Å²) in [6.07, 6.45) is 25.7. The molecule has 3 rings (SSSR count). The maximum absolute atomic E-state index is 13.2. The maximum atomic E-state index is 13.2. The number of hydrogen-bond acceptors (Lipinski definition) is 6. The third kappa shape index (κ3) is 7.16. The van der Waals surface area contributed by atoms with E-state index in [4.69, 9.17) is 0 Å². The van der Waals surface area contributed by atoms with E-state index in [1.54, 1.807) is 0 Å². The van der Waals surface area contributed by atoms with E-state index in [1.165, 1.54) is 12.2 Å². The topological polar surface area (TPSA) is 133 Å². The van der Waals surface area contributed by atoms with Crippen LogP contribution in [0.1, 0.15) is 89.9 Å². The molecule has 0 aliphatic heterocycles. The van der Waals surface area contributed by atoms with Gasteiger partial charge in [0, 0.05) is 0 Å². The van der Waals surface area contributed by atoms with Gasteiger partial charge < -0.3 is 10.2 Å². The molecule has 0 aromatic rings. The molecule has 0 amide bonds. The Morgan fingerprint density at radius 2 is 1.05 bits per heavy atom. The Kier molecular flexibility index (Phi) is 12.3. The molecular weight excluding hydrogens is 508 g/mol. The molecule has 0 spiro atoms. The van der Waals surface area contributed by atoms with Crippen LogP contribution in [0, 0.1) is 34.5 Å². The second-order valence-electron chi connectivity index (χ2n) is 11.8. The number of carbonyl (C=O) groups excluding carboxylic acids is 2. The zero-order valence-electron chi connectivity index (χ0n) is 23.5. The lowest BCUT2D eigenvalue weighted by atomic mass is 9.44. The Morgan fingerprint density at radius 3 is 1.38 bits per heavy atom. The van der Waals surface area contributed by atoms with E-state index in [0.29, 0.717) is 24.9 Å². The molecule has 2 atom stereocenters. The molecule has 0 bridgehead atoms. The number of carboxylic acid groups (broad SMARTS) is 2. The van der Waals surface area contributed by atoms with Gasteiger partial charge in [0.05, 0.1) is 23.9 Å². The minimum Gasteiger partial charge on any atom is -0.481 e. The Balaban J connectivity index is 1.69. The highest BCUT2D eigenvalue weighted by atomic mass is 16.4. The fourth-order valence-electron chi connectivity index (χ4n) is 7.99. The summed E-state index contributed by atoms with van der Waals surface area (Å²) in [4.78, 5) is 53.9. The standard InChI is InChI=1S/C32H44N2O6/c35-23-33-21-7-1-3-9-25-11-15-27(16-12-25)31(29(37)38)19-5-6-20-32(31,30(39)40)28-17-13-26(14-18-28)10-4-2-8-22-34-24-36/h1-2,5-8,25-28H,3-4,9-22H2,(H,37,38)(H,39,40)/b7-1+,8-2+. The first-order chi connectivity index (χ1) is 19.4. The first-order valence-electron chi connectivity index (χ1n) is 14.9. The quantitative estimate of drug-likeness (QED) is 0.145. The Morgan fingerprint density at radius 1 is 0.675 bits per heavy atom. The second-order valence-corrected chi connectivity index (χ2v) is 11.8. The minimum atomic E-state index is -1.29. The summed E-state index contributed by atoms with van der Waals surface area (Å²) >= 11 is 0. The molecule has 218 valence electrons. The molecule has 0 heterocycles. The van der Waals surface area contributed by atoms with Gasteiger partial charge in [-0.15, -0.1) is 0 Å². The Bertz CT molecular complexity index is 956. The summed E-state index contributed by atoms with van der Waals surface area (Å²) < 4.78 is 0. The number of nitrogens with zero attached hydrogens (tertiary/aromatic N) is 2. The van der Waals surface area contributed by atoms with Crippen molar-refractivity contribution in [1.29, 1.82) is 0 Å². The first-order valence-corrected chi connectivity index (χ1v) is 14.9. The third-order valence-corrected chi connectivity index (χ3v) is 10.0. The molecule has 8 heteroatoms. The summed E-state index contributed by atoms with van der Waals surface area (Å²) in [6.45, 7) is 0.693. The fraction of sp³-hybridized carbons (Fsp3) is 0.688. The van der Waals surface area contributed by atoms with Gasteiger partial charge in [-0.05, 0) is 87.9 Å². The SMILES string of the molecule is O=C=NC/C=C/CCC1CCC(C2(C(=O)O)CC=CCC2(C(=O)O)C2CCC(CC/C=C/CN=C=O)CC2)CC1. The van der Waals surface area contributed by atoms with Crippen LogP contribution in [-0.2, 0) is 19.2 Å². The summed E-state index contributed by atoms with van der Waals surface area (Å²) in [7, 11) is 0. The molecule has 2 N–H and O–H groups in total. The molecule has 40 heavy (non-hydrogen) atoms. The van der Waals surface area contributed by atoms with Crippen molar-refractivity contribution in [1.82, 2.24) is 0 Å². The van der Waals surface area contributed by atoms with E-state index in [0.717, 1.165) is 77.0 Å². The molecule has 2 saturated carbocycles. The monoisotopic (exact) mass is 552 g/mol. The molecule has 0 aromatic carbocycles. The molecule has 3 aliphatic rings. The van der Waals surface area contributed by atoms with Gasteiger partial charge in [0.15, 0.2) is 0 Å². The van der Waals surface area contributed by atoms with Gasteiger partial charge in [0.2, 0.25) is 12.2 Å². The van der Waals surface area contributed by atoms with Crippen molar-refractivity contribution in [2.75, 3.05) is 13.1 Å². The summed E-state index contributed by atoms with van der Waals surface area (Å²) in [5.74, 6) is -1.20. The predicted molar refractivity (Wildman–Crippen MR) is 152 cm³/mol. The second kappa shape index (κ2) is 15.6. The Hall–Kier alpha value is -3.08. The number of isocyanates is 2. The van der Waals surface area contributed by atoms with Crippen molar-refractivity contribution < 1.29 is 29.4 Å². The number of aliphatic carboxylic acids is 2. The molecule has 0 radical (unpaired) electrons. The highest BCUT2D eigenvalue weighted by molar-refractivity contribution is 5.88. The third-order valence-electron chi connectivity index (χ3n) is 10.0. The van der Waals surface area contributed by atoms with Crippen molar-refractivity contribution in [2.24, 2.45) is 44.5 Å². The molecule has 8 nitrogen and oxygen atoms in total. The van der Waals surface area contributed by atoms with Crippen LogP contribution in [0.2, 0.25) is 0 Å². The van der Waals surface area contributed by atoms with Gasteiger partial charge in [-0.3, -0.25) is 9.59 Å². The highest BCUT2D eigenvalue weighted by Crippen LogP contribution is 2.63. The van der Waals surface area contributed by atoms with Crippen LogP contribution in [0.3, 0.4) is 0 Å². The van der Waals surface area contributed by atoms with Gasteiger partial charge in [-0.2, -0.15) is 0 Å². The van der Waals surface area contributed by atoms with Crippen molar-refractivity contribution in [3.05, 3.63) is 36.5 Å². The van der Waals surface area contributed by atoms with E-state index in [1.807, 2.05) is 36.5 Å². The summed E-state index contributed by atoms with van der Waals surface area (Å²) in [5, 5.41) is 21.7. The Labute approximate surface area is 237 Å². The summed E-state index contributed by atoms with van der Waals surface area (Å²) in [5.41, 5.74) is -2.57. The van der Waals surface area contributed by atoms with Crippen LogP contribution in [0.15, 0.2) is 46.4 Å². The normalized spacial score (nSPS) is 32.4. The number of carboxylic acids is 2. The van der Waals surface area contributed by atoms with E-state index in [-0.39, 0.29) is 24.7 Å². The van der Waals surface area contributed by atoms with Gasteiger partial charge >= 0.3 is 11.9 Å². The zero-order chi connectivity index (χ0) is 28.8. The molecule has 3 aliphatic carbocycles. The van der Waals surface area contributed by atoms with Gasteiger partial charge in [0.1, 0.15) is 0 Å². The molecule has 0 aromatic heterocycles. The van der Waals surface area contributed by atoms with E-state index < -0.39 is 22.8 Å². The van der Waals surface area contributed by atoms with Crippen LogP contribution >= 0.6 is 0 Å². The molecule has 2 fully saturated rings. The lowest BCUT2D eigenvalue weighted by Gasteiger charge is -2.56. The lowest BCUT2D eigenvalue weighted by molar-refractivity contribution is -0.193. The average molecular weight is 553 g/mol. The maximum Gasteiger partial charge on any atom is 0.311 e. The van der Waals surface area contributed by atoms with E-state index >= 15 is 0 Å². The minimum absolute atomic E-state index is 0.156. The molecule has 0 saturated heterocycles. The van der Waals surface area contributed by atoms with Crippen LogP contribution in [-0.4, -0.2) is 47.4 Å². The van der Waals surface area contributed by atoms with Crippen LogP contribution < -0.4 is 0 Å². The smallest absolute Gasteiger partial charge is 0.311 e. The van der Waals surface area contributed by atoms with Gasteiger partial charge in [0.25, 0.3) is 0 Å². The number of allylic oxidation sites excluding steroid dienone is 4.